The smallest absolute Gasteiger partial charge is 0.189 e. The molecule has 0 fully saturated rings. The quantitative estimate of drug-likeness (QED) is 0.414. The van der Waals surface area contributed by atoms with E-state index in [9.17, 15) is 4.79 Å². The van der Waals surface area contributed by atoms with Gasteiger partial charge in [0.1, 0.15) is 0 Å². The maximum absolute atomic E-state index is 11.6. The normalized spacial score (nSPS) is 11.1. The van der Waals surface area contributed by atoms with Gasteiger partial charge in [-0.3, -0.25) is 4.79 Å². The fraction of sp³-hybridized carbons (Fsp3) is 0.250. The van der Waals surface area contributed by atoms with E-state index in [4.69, 9.17) is 4.74 Å². The van der Waals surface area contributed by atoms with Crippen molar-refractivity contribution in [2.24, 2.45) is 0 Å². The molecule has 2 nitrogen and oxygen atoms in total. The molecule has 0 aliphatic rings. The summed E-state index contributed by atoms with van der Waals surface area (Å²) in [5.41, 5.74) is 0.687. The average molecular weight is 190 g/mol. The van der Waals surface area contributed by atoms with Crippen LogP contribution in [0.3, 0.4) is 0 Å². The molecule has 14 heavy (non-hydrogen) atoms. The van der Waals surface area contributed by atoms with E-state index < -0.39 is 0 Å². The number of ketones is 1. The van der Waals surface area contributed by atoms with Crippen LogP contribution in [0.5, 0.6) is 0 Å². The minimum absolute atomic E-state index is 0.0171. The first-order valence-corrected chi connectivity index (χ1v) is 4.64. The Bertz CT molecular complexity index is 325. The molecule has 0 spiro atoms. The van der Waals surface area contributed by atoms with E-state index in [0.29, 0.717) is 17.9 Å². The largest absolute Gasteiger partial charge is 0.498 e. The number of ether oxygens (including phenoxy) is 1. The molecule has 0 atom stereocenters. The van der Waals surface area contributed by atoms with Gasteiger partial charge in [-0.2, -0.15) is 0 Å². The molecular formula is C12H14O2. The third kappa shape index (κ3) is 3.05. The van der Waals surface area contributed by atoms with Gasteiger partial charge in [-0.1, -0.05) is 30.3 Å². The third-order valence-corrected chi connectivity index (χ3v) is 1.76. The van der Waals surface area contributed by atoms with Crippen molar-refractivity contribution in [1.82, 2.24) is 0 Å². The number of carbonyl (C=O) groups is 1. The van der Waals surface area contributed by atoms with Crippen molar-refractivity contribution in [3.63, 3.8) is 0 Å². The first-order chi connectivity index (χ1) is 6.74. The standard InChI is InChI=1S/C12H14O2/c1-3-14-10(2)9-12(13)11-7-5-4-6-8-11/h4-9H,3H2,1-2H3/b10-9+. The zero-order valence-electron chi connectivity index (χ0n) is 8.49. The van der Waals surface area contributed by atoms with Crippen LogP contribution >= 0.6 is 0 Å². The molecule has 0 radical (unpaired) electrons. The Hall–Kier alpha value is -1.57. The lowest BCUT2D eigenvalue weighted by Gasteiger charge is -2.01. The van der Waals surface area contributed by atoms with Gasteiger partial charge in [0.2, 0.25) is 0 Å². The molecule has 0 heterocycles. The Balaban J connectivity index is 2.72. The third-order valence-electron chi connectivity index (χ3n) is 1.76. The molecule has 0 amide bonds. The topological polar surface area (TPSA) is 26.3 Å². The highest BCUT2D eigenvalue weighted by Crippen LogP contribution is 2.04. The van der Waals surface area contributed by atoms with Crippen LogP contribution in [0.15, 0.2) is 42.2 Å². The second kappa shape index (κ2) is 5.22. The van der Waals surface area contributed by atoms with Gasteiger partial charge in [-0.15, -0.1) is 0 Å². The Kier molecular flexibility index (Phi) is 3.92. The van der Waals surface area contributed by atoms with Gasteiger partial charge < -0.3 is 4.74 Å². The summed E-state index contributed by atoms with van der Waals surface area (Å²) in [6.07, 6.45) is 1.51. The summed E-state index contributed by atoms with van der Waals surface area (Å²) in [7, 11) is 0. The van der Waals surface area contributed by atoms with Crippen molar-refractivity contribution in [2.45, 2.75) is 13.8 Å². The summed E-state index contributed by atoms with van der Waals surface area (Å²) < 4.78 is 5.17. The molecule has 0 N–H and O–H groups in total. The summed E-state index contributed by atoms with van der Waals surface area (Å²) in [6.45, 7) is 4.26. The van der Waals surface area contributed by atoms with Gasteiger partial charge in [0.15, 0.2) is 5.78 Å². The molecule has 0 saturated carbocycles. The van der Waals surface area contributed by atoms with E-state index in [1.54, 1.807) is 19.1 Å². The highest BCUT2D eigenvalue weighted by molar-refractivity contribution is 6.04. The lowest BCUT2D eigenvalue weighted by molar-refractivity contribution is 0.103. The van der Waals surface area contributed by atoms with Gasteiger partial charge in [-0.05, 0) is 13.8 Å². The molecule has 1 aromatic rings. The van der Waals surface area contributed by atoms with E-state index in [1.165, 1.54) is 6.08 Å². The Morgan fingerprint density at radius 2 is 2.00 bits per heavy atom. The first-order valence-electron chi connectivity index (χ1n) is 4.64. The van der Waals surface area contributed by atoms with Crippen molar-refractivity contribution < 1.29 is 9.53 Å². The lowest BCUT2D eigenvalue weighted by Crippen LogP contribution is -1.97. The van der Waals surface area contributed by atoms with Crippen LogP contribution in [0, 0.1) is 0 Å². The lowest BCUT2D eigenvalue weighted by atomic mass is 10.1. The molecular weight excluding hydrogens is 176 g/mol. The van der Waals surface area contributed by atoms with Crippen molar-refractivity contribution >= 4 is 5.78 Å². The van der Waals surface area contributed by atoms with Crippen LogP contribution in [0.1, 0.15) is 24.2 Å². The Morgan fingerprint density at radius 3 is 2.57 bits per heavy atom. The van der Waals surface area contributed by atoms with Gasteiger partial charge in [0, 0.05) is 11.6 Å². The number of hydrogen-bond donors (Lipinski definition) is 0. The number of hydrogen-bond acceptors (Lipinski definition) is 2. The maximum Gasteiger partial charge on any atom is 0.189 e. The van der Waals surface area contributed by atoms with E-state index in [-0.39, 0.29) is 5.78 Å². The molecule has 2 heteroatoms. The molecule has 0 aliphatic heterocycles. The van der Waals surface area contributed by atoms with Gasteiger partial charge in [-0.25, -0.2) is 0 Å². The van der Waals surface area contributed by atoms with Gasteiger partial charge in [0.25, 0.3) is 0 Å². The highest BCUT2D eigenvalue weighted by Gasteiger charge is 2.01. The monoisotopic (exact) mass is 190 g/mol. The SMILES string of the molecule is CCO/C(C)=C/C(=O)c1ccccc1. The van der Waals surface area contributed by atoms with Crippen LogP contribution in [0.25, 0.3) is 0 Å². The zero-order valence-corrected chi connectivity index (χ0v) is 8.49. The van der Waals surface area contributed by atoms with Gasteiger partial charge >= 0.3 is 0 Å². The minimum Gasteiger partial charge on any atom is -0.498 e. The molecule has 1 rings (SSSR count). The Labute approximate surface area is 84.2 Å². The fourth-order valence-corrected chi connectivity index (χ4v) is 1.14. The first kappa shape index (κ1) is 10.5. The zero-order chi connectivity index (χ0) is 10.4. The highest BCUT2D eigenvalue weighted by atomic mass is 16.5. The number of allylic oxidation sites excluding steroid dienone is 2. The number of benzene rings is 1. The van der Waals surface area contributed by atoms with Crippen molar-refractivity contribution in [3.05, 3.63) is 47.7 Å². The average Bonchev–Trinajstić information content (AvgIpc) is 2.19. The van der Waals surface area contributed by atoms with Crippen LogP contribution in [-0.2, 0) is 4.74 Å². The van der Waals surface area contributed by atoms with Crippen LogP contribution in [0.2, 0.25) is 0 Å². The fourth-order valence-electron chi connectivity index (χ4n) is 1.14. The predicted octanol–water partition coefficient (Wildman–Crippen LogP) is 2.81. The van der Waals surface area contributed by atoms with E-state index in [2.05, 4.69) is 0 Å². The van der Waals surface area contributed by atoms with Crippen molar-refractivity contribution in [2.75, 3.05) is 6.61 Å². The van der Waals surface area contributed by atoms with Gasteiger partial charge in [0.05, 0.1) is 12.4 Å². The summed E-state index contributed by atoms with van der Waals surface area (Å²) in [5.74, 6) is 0.637. The van der Waals surface area contributed by atoms with E-state index in [1.807, 2.05) is 25.1 Å². The molecule has 0 aliphatic carbocycles. The number of carbonyl (C=O) groups excluding carboxylic acids is 1. The predicted molar refractivity (Wildman–Crippen MR) is 56.2 cm³/mol. The molecule has 74 valence electrons. The molecule has 0 saturated heterocycles. The summed E-state index contributed by atoms with van der Waals surface area (Å²) >= 11 is 0. The molecule has 0 aromatic heterocycles. The number of rotatable bonds is 4. The van der Waals surface area contributed by atoms with Crippen molar-refractivity contribution in [3.8, 4) is 0 Å². The summed E-state index contributed by atoms with van der Waals surface area (Å²) in [6, 6.07) is 9.15. The van der Waals surface area contributed by atoms with Crippen molar-refractivity contribution in [1.29, 1.82) is 0 Å². The van der Waals surface area contributed by atoms with Crippen LogP contribution in [0.4, 0.5) is 0 Å². The maximum atomic E-state index is 11.6. The molecule has 0 unspecified atom stereocenters. The molecule has 0 bridgehead atoms. The molecule has 1 aromatic carbocycles. The second-order valence-corrected chi connectivity index (χ2v) is 2.92. The van der Waals surface area contributed by atoms with E-state index >= 15 is 0 Å². The van der Waals surface area contributed by atoms with E-state index in [0.717, 1.165) is 0 Å². The minimum atomic E-state index is -0.0171. The summed E-state index contributed by atoms with van der Waals surface area (Å²) in [4.78, 5) is 11.6. The summed E-state index contributed by atoms with van der Waals surface area (Å²) in [5, 5.41) is 0. The van der Waals surface area contributed by atoms with Crippen LogP contribution < -0.4 is 0 Å². The Morgan fingerprint density at radius 1 is 1.36 bits per heavy atom. The second-order valence-electron chi connectivity index (χ2n) is 2.92. The van der Waals surface area contributed by atoms with Crippen LogP contribution in [-0.4, -0.2) is 12.4 Å².